The largest absolute Gasteiger partial charge is 0.342 e. The molecular formula is C14H25N5. The summed E-state index contributed by atoms with van der Waals surface area (Å²) in [7, 11) is 6.39. The molecule has 1 aromatic rings. The van der Waals surface area contributed by atoms with Crippen LogP contribution in [0.4, 0.5) is 5.95 Å². The van der Waals surface area contributed by atoms with E-state index in [9.17, 15) is 0 Å². The molecule has 0 atom stereocenters. The first-order valence-corrected chi connectivity index (χ1v) is 6.90. The molecule has 1 aromatic heterocycles. The van der Waals surface area contributed by atoms with E-state index in [1.54, 1.807) is 0 Å². The van der Waals surface area contributed by atoms with Crippen molar-refractivity contribution in [3.8, 4) is 0 Å². The standard InChI is InChI=1S/C14H25N5/c1-11-8-12(9-15)17-13(16-11)19(4)10-14(18(2)3)6-5-7-14/h8H,5-7,9-10,15H2,1-4H3. The predicted molar refractivity (Wildman–Crippen MR) is 78.2 cm³/mol. The number of hydrogen-bond donors (Lipinski definition) is 1. The second-order valence-corrected chi connectivity index (χ2v) is 5.83. The van der Waals surface area contributed by atoms with Gasteiger partial charge in [-0.25, -0.2) is 9.97 Å². The lowest BCUT2D eigenvalue weighted by atomic mass is 9.75. The number of nitrogens with zero attached hydrogens (tertiary/aromatic N) is 4. The molecule has 0 unspecified atom stereocenters. The zero-order chi connectivity index (χ0) is 14.0. The number of likely N-dealkylation sites (N-methyl/N-ethyl adjacent to an activating group) is 2. The monoisotopic (exact) mass is 263 g/mol. The van der Waals surface area contributed by atoms with Crippen LogP contribution in [0.2, 0.25) is 0 Å². The van der Waals surface area contributed by atoms with E-state index >= 15 is 0 Å². The van der Waals surface area contributed by atoms with Crippen LogP contribution in [0.1, 0.15) is 30.7 Å². The van der Waals surface area contributed by atoms with Crippen molar-refractivity contribution >= 4 is 5.95 Å². The summed E-state index contributed by atoms with van der Waals surface area (Å²) in [5.74, 6) is 0.786. The topological polar surface area (TPSA) is 58.3 Å². The van der Waals surface area contributed by atoms with Gasteiger partial charge in [-0.3, -0.25) is 0 Å². The molecule has 0 aromatic carbocycles. The Kier molecular flexibility index (Phi) is 4.06. The summed E-state index contributed by atoms with van der Waals surface area (Å²) in [6.07, 6.45) is 3.81. The molecule has 2 N–H and O–H groups in total. The summed E-state index contributed by atoms with van der Waals surface area (Å²) >= 11 is 0. The Morgan fingerprint density at radius 1 is 1.26 bits per heavy atom. The van der Waals surface area contributed by atoms with Crippen LogP contribution < -0.4 is 10.6 Å². The van der Waals surface area contributed by atoms with Gasteiger partial charge in [0.1, 0.15) is 0 Å². The second-order valence-electron chi connectivity index (χ2n) is 5.83. The average molecular weight is 263 g/mol. The van der Waals surface area contributed by atoms with Gasteiger partial charge in [-0.15, -0.1) is 0 Å². The Hall–Kier alpha value is -1.20. The molecule has 1 saturated carbocycles. The molecule has 0 amide bonds. The fourth-order valence-electron chi connectivity index (χ4n) is 2.74. The summed E-state index contributed by atoms with van der Waals surface area (Å²) in [6.45, 7) is 3.42. The highest BCUT2D eigenvalue weighted by Gasteiger charge is 2.40. The van der Waals surface area contributed by atoms with Crippen LogP contribution in [-0.4, -0.2) is 48.1 Å². The maximum absolute atomic E-state index is 5.68. The van der Waals surface area contributed by atoms with Gasteiger partial charge in [-0.05, 0) is 46.3 Å². The summed E-state index contributed by atoms with van der Waals surface area (Å²) in [5, 5.41) is 0. The van der Waals surface area contributed by atoms with Crippen molar-refractivity contribution in [2.75, 3.05) is 32.6 Å². The molecule has 2 rings (SSSR count). The third kappa shape index (κ3) is 2.87. The zero-order valence-corrected chi connectivity index (χ0v) is 12.5. The SMILES string of the molecule is Cc1cc(CN)nc(N(C)CC2(N(C)C)CCC2)n1. The molecule has 0 spiro atoms. The van der Waals surface area contributed by atoms with E-state index in [0.29, 0.717) is 6.54 Å². The van der Waals surface area contributed by atoms with E-state index in [1.165, 1.54) is 19.3 Å². The zero-order valence-electron chi connectivity index (χ0n) is 12.5. The Bertz CT molecular complexity index is 439. The van der Waals surface area contributed by atoms with Crippen LogP contribution in [0.3, 0.4) is 0 Å². The fourth-order valence-corrected chi connectivity index (χ4v) is 2.74. The van der Waals surface area contributed by atoms with Gasteiger partial charge in [0.05, 0.1) is 5.69 Å². The first kappa shape index (κ1) is 14.2. The molecule has 106 valence electrons. The van der Waals surface area contributed by atoms with Crippen molar-refractivity contribution in [2.45, 2.75) is 38.3 Å². The van der Waals surface area contributed by atoms with Crippen LogP contribution in [-0.2, 0) is 6.54 Å². The van der Waals surface area contributed by atoms with Gasteiger partial charge >= 0.3 is 0 Å². The molecule has 1 aliphatic rings. The van der Waals surface area contributed by atoms with Crippen LogP contribution in [0.15, 0.2) is 6.07 Å². The minimum absolute atomic E-state index is 0.282. The number of aryl methyl sites for hydroxylation is 1. The van der Waals surface area contributed by atoms with Crippen molar-refractivity contribution in [1.29, 1.82) is 0 Å². The molecule has 19 heavy (non-hydrogen) atoms. The third-order valence-electron chi connectivity index (χ3n) is 4.21. The van der Waals surface area contributed by atoms with Crippen LogP contribution in [0.5, 0.6) is 0 Å². The number of hydrogen-bond acceptors (Lipinski definition) is 5. The van der Waals surface area contributed by atoms with Crippen molar-refractivity contribution in [2.24, 2.45) is 5.73 Å². The van der Waals surface area contributed by atoms with Gasteiger partial charge in [0.25, 0.3) is 0 Å². The number of nitrogens with two attached hydrogens (primary N) is 1. The van der Waals surface area contributed by atoms with Gasteiger partial charge in [0.2, 0.25) is 5.95 Å². The van der Waals surface area contributed by atoms with Gasteiger partial charge < -0.3 is 15.5 Å². The van der Waals surface area contributed by atoms with Crippen molar-refractivity contribution in [3.05, 3.63) is 17.5 Å². The molecule has 0 bridgehead atoms. The van der Waals surface area contributed by atoms with E-state index in [4.69, 9.17) is 5.73 Å². The van der Waals surface area contributed by atoms with Crippen molar-refractivity contribution < 1.29 is 0 Å². The smallest absolute Gasteiger partial charge is 0.225 e. The maximum atomic E-state index is 5.68. The Balaban J connectivity index is 2.15. The van der Waals surface area contributed by atoms with Gasteiger partial charge in [-0.1, -0.05) is 0 Å². The van der Waals surface area contributed by atoms with E-state index in [2.05, 4.69) is 40.9 Å². The molecule has 0 aliphatic heterocycles. The van der Waals surface area contributed by atoms with Crippen molar-refractivity contribution in [1.82, 2.24) is 14.9 Å². The minimum atomic E-state index is 0.282. The highest BCUT2D eigenvalue weighted by molar-refractivity contribution is 5.32. The number of anilines is 1. The maximum Gasteiger partial charge on any atom is 0.225 e. The lowest BCUT2D eigenvalue weighted by Gasteiger charge is -2.49. The fraction of sp³-hybridized carbons (Fsp3) is 0.714. The highest BCUT2D eigenvalue weighted by atomic mass is 15.3. The lowest BCUT2D eigenvalue weighted by Crippen LogP contribution is -2.57. The first-order chi connectivity index (χ1) is 8.97. The molecule has 1 fully saturated rings. The van der Waals surface area contributed by atoms with E-state index in [-0.39, 0.29) is 5.54 Å². The Morgan fingerprint density at radius 2 is 1.95 bits per heavy atom. The van der Waals surface area contributed by atoms with Crippen LogP contribution in [0.25, 0.3) is 0 Å². The molecule has 1 aliphatic carbocycles. The quantitative estimate of drug-likeness (QED) is 0.864. The normalized spacial score (nSPS) is 17.4. The van der Waals surface area contributed by atoms with E-state index in [1.807, 2.05) is 13.0 Å². The average Bonchev–Trinajstić information content (AvgIpc) is 2.32. The summed E-state index contributed by atoms with van der Waals surface area (Å²) in [4.78, 5) is 13.5. The molecule has 5 nitrogen and oxygen atoms in total. The third-order valence-corrected chi connectivity index (χ3v) is 4.21. The highest BCUT2D eigenvalue weighted by Crippen LogP contribution is 2.37. The predicted octanol–water partition coefficient (Wildman–Crippen LogP) is 1.16. The van der Waals surface area contributed by atoms with Gasteiger partial charge in [0, 0.05) is 31.4 Å². The van der Waals surface area contributed by atoms with Crippen LogP contribution in [0, 0.1) is 6.92 Å². The number of rotatable bonds is 5. The molecule has 0 radical (unpaired) electrons. The van der Waals surface area contributed by atoms with E-state index in [0.717, 1.165) is 23.9 Å². The lowest BCUT2D eigenvalue weighted by molar-refractivity contribution is 0.0680. The van der Waals surface area contributed by atoms with E-state index < -0.39 is 0 Å². The Morgan fingerprint density at radius 3 is 2.42 bits per heavy atom. The minimum Gasteiger partial charge on any atom is -0.342 e. The van der Waals surface area contributed by atoms with Gasteiger partial charge in [-0.2, -0.15) is 0 Å². The molecule has 1 heterocycles. The molecule has 0 saturated heterocycles. The van der Waals surface area contributed by atoms with Gasteiger partial charge in [0.15, 0.2) is 0 Å². The summed E-state index contributed by atoms with van der Waals surface area (Å²) < 4.78 is 0. The first-order valence-electron chi connectivity index (χ1n) is 6.90. The summed E-state index contributed by atoms with van der Waals surface area (Å²) in [5.41, 5.74) is 7.85. The van der Waals surface area contributed by atoms with Crippen molar-refractivity contribution in [3.63, 3.8) is 0 Å². The Labute approximate surface area is 115 Å². The summed E-state index contributed by atoms with van der Waals surface area (Å²) in [6, 6.07) is 1.95. The molecule has 5 heteroatoms. The molecular weight excluding hydrogens is 238 g/mol. The second kappa shape index (κ2) is 5.43. The van der Waals surface area contributed by atoms with Crippen LogP contribution >= 0.6 is 0 Å². The number of aromatic nitrogens is 2.